The van der Waals surface area contributed by atoms with Crippen molar-refractivity contribution in [1.29, 1.82) is 0 Å². The van der Waals surface area contributed by atoms with Crippen LogP contribution in [-0.2, 0) is 20.9 Å². The molecule has 3 aromatic carbocycles. The minimum Gasteiger partial charge on any atom is -0.489 e. The molecular formula is C32H34O5. The summed E-state index contributed by atoms with van der Waals surface area (Å²) in [7, 11) is 1.43. The third-order valence-electron chi connectivity index (χ3n) is 7.30. The molecule has 37 heavy (non-hydrogen) atoms. The lowest BCUT2D eigenvalue weighted by atomic mass is 9.94. The highest BCUT2D eigenvalue weighted by atomic mass is 16.5. The van der Waals surface area contributed by atoms with Crippen molar-refractivity contribution in [1.82, 2.24) is 0 Å². The van der Waals surface area contributed by atoms with Crippen molar-refractivity contribution >= 4 is 11.5 Å². The van der Waals surface area contributed by atoms with E-state index >= 15 is 0 Å². The number of carbonyl (C=O) groups excluding carboxylic acids is 1. The van der Waals surface area contributed by atoms with Gasteiger partial charge in [0.25, 0.3) is 0 Å². The molecule has 0 N–H and O–H groups in total. The van der Waals surface area contributed by atoms with Crippen LogP contribution in [0.1, 0.15) is 53.0 Å². The van der Waals surface area contributed by atoms with Crippen LogP contribution in [0.3, 0.4) is 0 Å². The van der Waals surface area contributed by atoms with Crippen LogP contribution in [0.2, 0.25) is 0 Å². The van der Waals surface area contributed by atoms with Gasteiger partial charge in [0.15, 0.2) is 0 Å². The molecule has 2 atom stereocenters. The van der Waals surface area contributed by atoms with E-state index in [0.717, 1.165) is 53.2 Å². The van der Waals surface area contributed by atoms with Crippen LogP contribution in [0, 0.1) is 13.8 Å². The first-order valence-electron chi connectivity index (χ1n) is 12.9. The van der Waals surface area contributed by atoms with Crippen LogP contribution in [0.15, 0.2) is 61.2 Å². The molecule has 0 radical (unpaired) electrons. The molecule has 1 fully saturated rings. The molecule has 2 aliphatic rings. The van der Waals surface area contributed by atoms with Crippen molar-refractivity contribution in [2.24, 2.45) is 0 Å². The quantitative estimate of drug-likeness (QED) is 0.321. The molecule has 5 heteroatoms. The number of allylic oxidation sites excluding steroid dienone is 1. The van der Waals surface area contributed by atoms with Crippen molar-refractivity contribution < 1.29 is 23.7 Å². The summed E-state index contributed by atoms with van der Waals surface area (Å²) >= 11 is 0. The molecule has 1 saturated heterocycles. The van der Waals surface area contributed by atoms with Crippen LogP contribution in [-0.4, -0.2) is 32.4 Å². The van der Waals surface area contributed by atoms with Gasteiger partial charge in [0.1, 0.15) is 24.2 Å². The van der Waals surface area contributed by atoms with E-state index in [1.807, 2.05) is 12.1 Å². The first kappa shape index (κ1) is 25.1. The second-order valence-corrected chi connectivity index (χ2v) is 10.1. The zero-order chi connectivity index (χ0) is 25.9. The number of ether oxygens (including phenoxy) is 4. The zero-order valence-corrected chi connectivity index (χ0v) is 21.8. The van der Waals surface area contributed by atoms with E-state index in [-0.39, 0.29) is 18.0 Å². The molecule has 0 saturated carbocycles. The van der Waals surface area contributed by atoms with Crippen LogP contribution >= 0.6 is 0 Å². The maximum atomic E-state index is 11.8. The van der Waals surface area contributed by atoms with Gasteiger partial charge in [0.05, 0.1) is 26.7 Å². The Kier molecular flexibility index (Phi) is 7.33. The highest BCUT2D eigenvalue weighted by Gasteiger charge is 2.28. The van der Waals surface area contributed by atoms with E-state index in [9.17, 15) is 4.79 Å². The van der Waals surface area contributed by atoms with Crippen molar-refractivity contribution in [3.8, 4) is 22.6 Å². The Labute approximate surface area is 219 Å². The van der Waals surface area contributed by atoms with Gasteiger partial charge >= 0.3 is 5.97 Å². The van der Waals surface area contributed by atoms with E-state index in [2.05, 4.69) is 62.9 Å². The van der Waals surface area contributed by atoms with Gasteiger partial charge in [0, 0.05) is 6.42 Å². The molecule has 0 amide bonds. The largest absolute Gasteiger partial charge is 0.489 e. The van der Waals surface area contributed by atoms with E-state index in [4.69, 9.17) is 18.9 Å². The third-order valence-corrected chi connectivity index (χ3v) is 7.30. The lowest BCUT2D eigenvalue weighted by molar-refractivity contribution is -0.141. The van der Waals surface area contributed by atoms with E-state index < -0.39 is 0 Å². The Morgan fingerprint density at radius 1 is 1.05 bits per heavy atom. The topological polar surface area (TPSA) is 54.0 Å². The van der Waals surface area contributed by atoms with Crippen LogP contribution in [0.4, 0.5) is 0 Å². The van der Waals surface area contributed by atoms with E-state index in [1.165, 1.54) is 29.4 Å². The SMILES string of the molecule is C=C1C[C@H](CC(=O)OC)c2ccc(OCc3cccc(-c4c(C)cc(O[C@@H]5CCOC5)cc4C)c3)cc21. The van der Waals surface area contributed by atoms with Gasteiger partial charge in [0.2, 0.25) is 0 Å². The fraction of sp³-hybridized carbons (Fsp3) is 0.344. The lowest BCUT2D eigenvalue weighted by Crippen LogP contribution is -2.15. The van der Waals surface area contributed by atoms with Crippen molar-refractivity contribution in [3.05, 3.63) is 89.0 Å². The number of rotatable bonds is 8. The fourth-order valence-corrected chi connectivity index (χ4v) is 5.50. The molecule has 5 rings (SSSR count). The third kappa shape index (κ3) is 5.57. The number of hydrogen-bond donors (Lipinski definition) is 0. The fourth-order valence-electron chi connectivity index (χ4n) is 5.50. The van der Waals surface area contributed by atoms with Crippen molar-refractivity contribution in [3.63, 3.8) is 0 Å². The van der Waals surface area contributed by atoms with Crippen LogP contribution in [0.25, 0.3) is 16.7 Å². The number of methoxy groups -OCH3 is 1. The van der Waals surface area contributed by atoms with E-state index in [0.29, 0.717) is 19.6 Å². The highest BCUT2D eigenvalue weighted by Crippen LogP contribution is 2.43. The number of esters is 1. The molecule has 0 aromatic heterocycles. The summed E-state index contributed by atoms with van der Waals surface area (Å²) in [5, 5.41) is 0. The molecule has 0 unspecified atom stereocenters. The van der Waals surface area contributed by atoms with Gasteiger partial charge < -0.3 is 18.9 Å². The first-order chi connectivity index (χ1) is 17.9. The summed E-state index contributed by atoms with van der Waals surface area (Å²) < 4.78 is 22.6. The predicted molar refractivity (Wildman–Crippen MR) is 145 cm³/mol. The smallest absolute Gasteiger partial charge is 0.306 e. The number of carbonyl (C=O) groups is 1. The Bertz CT molecular complexity index is 1300. The molecule has 0 spiro atoms. The summed E-state index contributed by atoms with van der Waals surface area (Å²) in [6.45, 7) is 10.4. The molecular weight excluding hydrogens is 464 g/mol. The molecule has 1 heterocycles. The minimum atomic E-state index is -0.193. The molecule has 1 aliphatic carbocycles. The molecule has 3 aromatic rings. The molecule has 5 nitrogen and oxygen atoms in total. The summed E-state index contributed by atoms with van der Waals surface area (Å²) in [4.78, 5) is 11.8. The Hall–Kier alpha value is -3.57. The molecule has 192 valence electrons. The van der Waals surface area contributed by atoms with Crippen molar-refractivity contribution in [2.45, 2.75) is 51.7 Å². The summed E-state index contributed by atoms with van der Waals surface area (Å²) in [5.41, 5.74) is 9.12. The molecule has 0 bridgehead atoms. The van der Waals surface area contributed by atoms with E-state index in [1.54, 1.807) is 0 Å². The monoisotopic (exact) mass is 498 g/mol. The summed E-state index contributed by atoms with van der Waals surface area (Å²) in [5.74, 6) is 1.63. The van der Waals surface area contributed by atoms with Gasteiger partial charge in [-0.05, 0) is 101 Å². The maximum Gasteiger partial charge on any atom is 0.306 e. The van der Waals surface area contributed by atoms with Crippen molar-refractivity contribution in [2.75, 3.05) is 20.3 Å². The first-order valence-corrected chi connectivity index (χ1v) is 12.9. The Morgan fingerprint density at radius 2 is 1.86 bits per heavy atom. The second kappa shape index (κ2) is 10.8. The lowest BCUT2D eigenvalue weighted by Gasteiger charge is -2.17. The molecule has 1 aliphatic heterocycles. The van der Waals surface area contributed by atoms with Gasteiger partial charge in [-0.25, -0.2) is 0 Å². The average molecular weight is 499 g/mol. The zero-order valence-electron chi connectivity index (χ0n) is 21.8. The predicted octanol–water partition coefficient (Wildman–Crippen LogP) is 6.78. The second-order valence-electron chi connectivity index (χ2n) is 10.1. The summed E-state index contributed by atoms with van der Waals surface area (Å²) in [6.07, 6.45) is 2.22. The standard InChI is InChI=1S/C32H34O5/c1-20-12-25(16-31(33)34-4)29-9-8-26(17-30(20)29)36-18-23-6-5-7-24(15-23)32-21(2)13-28(14-22(32)3)37-27-10-11-35-19-27/h5-9,13-15,17,25,27H,1,10-12,16,18-19H2,2-4H3/t25-,27-/m1/s1. The number of fused-ring (bicyclic) bond motifs is 1. The number of hydrogen-bond acceptors (Lipinski definition) is 5. The van der Waals surface area contributed by atoms with Crippen LogP contribution < -0.4 is 9.47 Å². The Balaban J connectivity index is 1.29. The van der Waals surface area contributed by atoms with Gasteiger partial charge in [-0.1, -0.05) is 30.8 Å². The highest BCUT2D eigenvalue weighted by molar-refractivity contribution is 5.78. The number of aryl methyl sites for hydroxylation is 2. The minimum absolute atomic E-state index is 0.121. The van der Waals surface area contributed by atoms with Gasteiger partial charge in [-0.3, -0.25) is 4.79 Å². The van der Waals surface area contributed by atoms with Gasteiger partial charge in [-0.2, -0.15) is 0 Å². The van der Waals surface area contributed by atoms with Gasteiger partial charge in [-0.15, -0.1) is 0 Å². The normalized spacial score (nSPS) is 18.5. The van der Waals surface area contributed by atoms with Crippen LogP contribution in [0.5, 0.6) is 11.5 Å². The summed E-state index contributed by atoms with van der Waals surface area (Å²) in [6, 6.07) is 18.8. The average Bonchev–Trinajstić information content (AvgIpc) is 3.50. The maximum absolute atomic E-state index is 11.8. The Morgan fingerprint density at radius 3 is 2.59 bits per heavy atom. The number of benzene rings is 3.